The van der Waals surface area contributed by atoms with Crippen molar-refractivity contribution < 1.29 is 13.2 Å². The molecule has 0 spiro atoms. The molecule has 0 saturated carbocycles. The van der Waals surface area contributed by atoms with Crippen LogP contribution in [0.1, 0.15) is 22.6 Å². The fraction of sp³-hybridized carbons (Fsp3) is 0.174. The van der Waals surface area contributed by atoms with Gasteiger partial charge in [0.25, 0.3) is 0 Å². The number of fused-ring (bicyclic) bond motifs is 1. The number of aromatic nitrogens is 4. The molecule has 0 saturated heterocycles. The molecule has 0 atom stereocenters. The predicted octanol–water partition coefficient (Wildman–Crippen LogP) is 5.21. The van der Waals surface area contributed by atoms with Crippen molar-refractivity contribution in [3.63, 3.8) is 0 Å². The van der Waals surface area contributed by atoms with Gasteiger partial charge in [0.2, 0.25) is 5.95 Å². The lowest BCUT2D eigenvalue weighted by Crippen LogP contribution is -2.14. The van der Waals surface area contributed by atoms with Crippen LogP contribution in [-0.2, 0) is 19.6 Å². The number of hydrogen-bond acceptors (Lipinski definition) is 4. The monoisotopic (exact) mass is 423 g/mol. The van der Waals surface area contributed by atoms with E-state index in [0.717, 1.165) is 11.1 Å². The number of nitrogens with zero attached hydrogens (tertiary/aromatic N) is 4. The lowest BCUT2D eigenvalue weighted by atomic mass is 10.1. The Bertz CT molecular complexity index is 1200. The van der Waals surface area contributed by atoms with Gasteiger partial charge in [0.05, 0.1) is 0 Å². The third kappa shape index (κ3) is 4.74. The number of hydrogen-bond donors (Lipinski definition) is 1. The topological polar surface area (TPSA) is 55.6 Å². The number of rotatable bonds is 6. The standard InChI is InChI=1S/C23H20F3N5/c1-31-18(13-12-16-8-4-2-5-9-16)28-19-20(23(24,25)26)29-22(30-21(19)31)27-15-14-17-10-6-3-7-11-17/h2-13H,14-15H2,1H3,(H,27,29,30). The van der Waals surface area contributed by atoms with E-state index in [1.807, 2.05) is 60.7 Å². The van der Waals surface area contributed by atoms with E-state index in [2.05, 4.69) is 20.3 Å². The Balaban J connectivity index is 1.65. The maximum atomic E-state index is 13.7. The first kappa shape index (κ1) is 20.6. The number of benzene rings is 2. The van der Waals surface area contributed by atoms with E-state index in [1.54, 1.807) is 19.2 Å². The molecule has 5 nitrogen and oxygen atoms in total. The summed E-state index contributed by atoms with van der Waals surface area (Å²) in [6.45, 7) is 0.408. The first-order chi connectivity index (χ1) is 14.9. The van der Waals surface area contributed by atoms with Crippen LogP contribution < -0.4 is 5.32 Å². The predicted molar refractivity (Wildman–Crippen MR) is 115 cm³/mol. The van der Waals surface area contributed by atoms with E-state index in [4.69, 9.17) is 0 Å². The van der Waals surface area contributed by atoms with Gasteiger partial charge < -0.3 is 9.88 Å². The first-order valence-corrected chi connectivity index (χ1v) is 9.74. The molecule has 0 aliphatic carbocycles. The Labute approximate surface area is 177 Å². The summed E-state index contributed by atoms with van der Waals surface area (Å²) in [5, 5.41) is 2.91. The largest absolute Gasteiger partial charge is 0.435 e. The molecule has 4 aromatic rings. The highest BCUT2D eigenvalue weighted by Gasteiger charge is 2.37. The van der Waals surface area contributed by atoms with Crippen LogP contribution in [0.5, 0.6) is 0 Å². The molecule has 0 radical (unpaired) electrons. The van der Waals surface area contributed by atoms with E-state index in [-0.39, 0.29) is 17.1 Å². The number of imidazole rings is 1. The molecular weight excluding hydrogens is 403 g/mol. The van der Waals surface area contributed by atoms with Gasteiger partial charge in [0.15, 0.2) is 11.3 Å². The highest BCUT2D eigenvalue weighted by atomic mass is 19.4. The molecule has 2 heterocycles. The molecule has 1 N–H and O–H groups in total. The van der Waals surface area contributed by atoms with Crippen molar-refractivity contribution in [2.45, 2.75) is 12.6 Å². The summed E-state index contributed by atoms with van der Waals surface area (Å²) < 4.78 is 42.6. The molecule has 0 aliphatic heterocycles. The van der Waals surface area contributed by atoms with Crippen molar-refractivity contribution >= 4 is 29.3 Å². The normalized spacial score (nSPS) is 12.0. The van der Waals surface area contributed by atoms with E-state index in [1.165, 1.54) is 4.57 Å². The number of nitrogens with one attached hydrogen (secondary N) is 1. The Morgan fingerprint density at radius 1 is 0.903 bits per heavy atom. The van der Waals surface area contributed by atoms with Crippen LogP contribution in [0.25, 0.3) is 23.3 Å². The summed E-state index contributed by atoms with van der Waals surface area (Å²) in [6, 6.07) is 19.1. The third-order valence-electron chi connectivity index (χ3n) is 4.79. The van der Waals surface area contributed by atoms with Gasteiger partial charge >= 0.3 is 6.18 Å². The molecule has 0 unspecified atom stereocenters. The molecule has 4 rings (SSSR count). The molecule has 0 amide bonds. The fourth-order valence-electron chi connectivity index (χ4n) is 3.20. The molecule has 0 aliphatic rings. The number of halogens is 3. The van der Waals surface area contributed by atoms with Crippen LogP contribution in [0, 0.1) is 0 Å². The number of alkyl halides is 3. The second kappa shape index (κ2) is 8.59. The van der Waals surface area contributed by atoms with Gasteiger partial charge in [-0.05, 0) is 23.6 Å². The van der Waals surface area contributed by atoms with Crippen LogP contribution in [0.3, 0.4) is 0 Å². The fourth-order valence-corrected chi connectivity index (χ4v) is 3.20. The van der Waals surface area contributed by atoms with Crippen LogP contribution in [0.2, 0.25) is 0 Å². The van der Waals surface area contributed by atoms with Crippen molar-refractivity contribution in [3.8, 4) is 0 Å². The maximum Gasteiger partial charge on any atom is 0.435 e. The summed E-state index contributed by atoms with van der Waals surface area (Å²) in [6.07, 6.45) is -0.549. The van der Waals surface area contributed by atoms with Crippen molar-refractivity contribution in [3.05, 3.63) is 83.3 Å². The Kier molecular flexibility index (Phi) is 5.70. The van der Waals surface area contributed by atoms with Crippen LogP contribution >= 0.6 is 0 Å². The summed E-state index contributed by atoms with van der Waals surface area (Å²) in [5.74, 6) is 0.289. The smallest absolute Gasteiger partial charge is 0.354 e. The second-order valence-corrected chi connectivity index (χ2v) is 7.00. The number of aryl methyl sites for hydroxylation is 1. The van der Waals surface area contributed by atoms with Crippen molar-refractivity contribution in [2.24, 2.45) is 7.05 Å². The molecule has 8 heteroatoms. The van der Waals surface area contributed by atoms with E-state index < -0.39 is 11.9 Å². The second-order valence-electron chi connectivity index (χ2n) is 7.00. The van der Waals surface area contributed by atoms with E-state index in [0.29, 0.717) is 18.8 Å². The van der Waals surface area contributed by atoms with E-state index >= 15 is 0 Å². The van der Waals surface area contributed by atoms with Gasteiger partial charge in [-0.25, -0.2) is 9.97 Å². The van der Waals surface area contributed by atoms with Crippen LogP contribution in [-0.4, -0.2) is 26.1 Å². The quantitative estimate of drug-likeness (QED) is 0.463. The minimum absolute atomic E-state index is 0.0719. The average Bonchev–Trinajstić information content (AvgIpc) is 3.08. The number of anilines is 1. The van der Waals surface area contributed by atoms with Crippen LogP contribution in [0.15, 0.2) is 60.7 Å². The van der Waals surface area contributed by atoms with Gasteiger partial charge in [-0.1, -0.05) is 66.7 Å². The lowest BCUT2D eigenvalue weighted by Gasteiger charge is -2.10. The zero-order valence-corrected chi connectivity index (χ0v) is 16.8. The van der Waals surface area contributed by atoms with Gasteiger partial charge in [-0.15, -0.1) is 0 Å². The lowest BCUT2D eigenvalue weighted by molar-refractivity contribution is -0.139. The summed E-state index contributed by atoms with van der Waals surface area (Å²) >= 11 is 0. The molecule has 0 fully saturated rings. The summed E-state index contributed by atoms with van der Waals surface area (Å²) in [7, 11) is 1.64. The molecule has 0 bridgehead atoms. The Morgan fingerprint density at radius 2 is 1.58 bits per heavy atom. The zero-order valence-electron chi connectivity index (χ0n) is 16.8. The molecular formula is C23H20F3N5. The van der Waals surface area contributed by atoms with Crippen molar-refractivity contribution in [1.82, 2.24) is 19.5 Å². The minimum Gasteiger partial charge on any atom is -0.354 e. The van der Waals surface area contributed by atoms with Gasteiger partial charge in [0, 0.05) is 13.6 Å². The molecule has 2 aromatic carbocycles. The zero-order chi connectivity index (χ0) is 21.8. The van der Waals surface area contributed by atoms with Crippen LogP contribution in [0.4, 0.5) is 19.1 Å². The third-order valence-corrected chi connectivity index (χ3v) is 4.79. The molecule has 31 heavy (non-hydrogen) atoms. The van der Waals surface area contributed by atoms with Crippen molar-refractivity contribution in [2.75, 3.05) is 11.9 Å². The van der Waals surface area contributed by atoms with Crippen molar-refractivity contribution in [1.29, 1.82) is 0 Å². The van der Waals surface area contributed by atoms with Gasteiger partial charge in [0.1, 0.15) is 11.3 Å². The maximum absolute atomic E-state index is 13.7. The average molecular weight is 423 g/mol. The molecule has 158 valence electrons. The minimum atomic E-state index is -4.65. The summed E-state index contributed by atoms with van der Waals surface area (Å²) in [4.78, 5) is 12.2. The van der Waals surface area contributed by atoms with Gasteiger partial charge in [-0.2, -0.15) is 18.2 Å². The van der Waals surface area contributed by atoms with Gasteiger partial charge in [-0.3, -0.25) is 0 Å². The summed E-state index contributed by atoms with van der Waals surface area (Å²) in [5.41, 5.74) is 0.796. The highest BCUT2D eigenvalue weighted by Crippen LogP contribution is 2.33. The Hall–Kier alpha value is -3.68. The first-order valence-electron chi connectivity index (χ1n) is 9.74. The highest BCUT2D eigenvalue weighted by molar-refractivity contribution is 5.80. The van der Waals surface area contributed by atoms with E-state index in [9.17, 15) is 13.2 Å². The molecule has 2 aromatic heterocycles. The Morgan fingerprint density at radius 3 is 2.26 bits per heavy atom. The SMILES string of the molecule is Cn1c(C=Cc2ccccc2)nc2c(C(F)(F)F)nc(NCCc3ccccc3)nc21.